The van der Waals surface area contributed by atoms with E-state index in [0.29, 0.717) is 0 Å². The minimum Gasteiger partial charge on any atom is -0.512 e. The smallest absolute Gasteiger partial charge is 0.164 e. The van der Waals surface area contributed by atoms with Gasteiger partial charge >= 0.3 is 0 Å². The van der Waals surface area contributed by atoms with Gasteiger partial charge in [-0.1, -0.05) is 60.7 Å². The fourth-order valence-corrected chi connectivity index (χ4v) is 3.19. The zero-order chi connectivity index (χ0) is 23.7. The summed E-state index contributed by atoms with van der Waals surface area (Å²) in [7, 11) is 0. The Morgan fingerprint density at radius 1 is 0.667 bits per heavy atom. The van der Waals surface area contributed by atoms with Gasteiger partial charge in [0.1, 0.15) is 23.6 Å². The molecule has 2 aromatic carbocycles. The average Bonchev–Trinajstić information content (AvgIpc) is 2.75. The number of ketones is 2. The molecule has 0 heterocycles. The van der Waals surface area contributed by atoms with Crippen molar-refractivity contribution >= 4 is 24.0 Å². The maximum Gasteiger partial charge on any atom is 0.164 e. The molecule has 0 aromatic heterocycles. The normalized spacial score (nSPS) is 14.8. The Morgan fingerprint density at radius 2 is 0.970 bits per heavy atom. The van der Waals surface area contributed by atoms with Gasteiger partial charge in [0.15, 0.2) is 11.6 Å². The minimum absolute atomic E-state index is 0. The predicted octanol–water partition coefficient (Wildman–Crippen LogP) is 5.45. The summed E-state index contributed by atoms with van der Waals surface area (Å²) in [6.07, 6.45) is 2.72. The molecule has 0 saturated carbocycles. The Bertz CT molecular complexity index is 978. The number of Topliss-reactive ketones (excluding diaryl/α,β-unsaturated/α-hetero) is 2. The summed E-state index contributed by atoms with van der Waals surface area (Å²) in [5.74, 6) is -0.855. The number of aliphatic hydroxyl groups excluding tert-OH is 2. The molecule has 2 N–H and O–H groups in total. The first-order valence-corrected chi connectivity index (χ1v) is 10.2. The van der Waals surface area contributed by atoms with Crippen LogP contribution in [0.25, 0.3) is 0 Å². The van der Waals surface area contributed by atoms with Crippen LogP contribution in [0.2, 0.25) is 0 Å². The molecule has 0 unspecified atom stereocenters. The maximum absolute atomic E-state index is 11.9. The Morgan fingerprint density at radius 3 is 1.21 bits per heavy atom. The number of hydrogen-bond donors (Lipinski definition) is 2. The molecular weight excluding hydrogens is 463 g/mol. The Labute approximate surface area is 204 Å². The van der Waals surface area contributed by atoms with Gasteiger partial charge in [0.25, 0.3) is 0 Å². The molecule has 0 bridgehead atoms. The van der Waals surface area contributed by atoms with Crippen LogP contribution in [0.1, 0.15) is 50.9 Å². The topological polar surface area (TPSA) is 99.3 Å². The van der Waals surface area contributed by atoms with Gasteiger partial charge in [0, 0.05) is 29.2 Å². The molecule has 6 nitrogen and oxygen atoms in total. The van der Waals surface area contributed by atoms with Gasteiger partial charge in [-0.2, -0.15) is 0 Å². The Kier molecular flexibility index (Phi) is 11.2. The van der Waals surface area contributed by atoms with Crippen LogP contribution in [0.15, 0.2) is 93.3 Å². The van der Waals surface area contributed by atoms with Crippen molar-refractivity contribution in [3.8, 4) is 0 Å². The van der Waals surface area contributed by atoms with E-state index in [9.17, 15) is 19.8 Å². The minimum atomic E-state index is -0.559. The van der Waals surface area contributed by atoms with Gasteiger partial charge in [0.05, 0.1) is 11.1 Å². The van der Waals surface area contributed by atoms with Gasteiger partial charge < -0.3 is 10.2 Å². The summed E-state index contributed by atoms with van der Waals surface area (Å²) >= 11 is 0. The number of aliphatic hydroxyl groups is 2. The van der Waals surface area contributed by atoms with E-state index >= 15 is 0 Å². The summed E-state index contributed by atoms with van der Waals surface area (Å²) in [5.41, 5.74) is 1.89. The van der Waals surface area contributed by atoms with Crippen molar-refractivity contribution in [3.05, 3.63) is 94.5 Å². The first-order chi connectivity index (χ1) is 15.2. The van der Waals surface area contributed by atoms with Crippen molar-refractivity contribution in [1.82, 2.24) is 0 Å². The van der Waals surface area contributed by atoms with Gasteiger partial charge in [-0.15, -0.1) is 0 Å². The average molecular weight is 491 g/mol. The Hall–Kier alpha value is -3.29. The van der Waals surface area contributed by atoms with E-state index in [0.717, 1.165) is 11.1 Å². The van der Waals surface area contributed by atoms with Gasteiger partial charge in [0.2, 0.25) is 0 Å². The molecule has 0 aliphatic heterocycles. The largest absolute Gasteiger partial charge is 0.512 e. The molecule has 0 spiro atoms. The number of nitrogens with zero attached hydrogens (tertiary/aromatic N) is 2. The number of rotatable bonds is 9. The number of carbonyl (C=O) groups is 2. The summed E-state index contributed by atoms with van der Waals surface area (Å²) in [5, 5.41) is 19.8. The SMILES string of the molecule is CC(=O)/C(C=N[C@@H](c1ccccc1)[C@@H](N=C/C(C(C)=O)=C(/C)O)c1ccccc1)=C(\C)O.[Co]. The van der Waals surface area contributed by atoms with E-state index in [4.69, 9.17) is 0 Å². The van der Waals surface area contributed by atoms with E-state index in [1.165, 1.54) is 40.1 Å². The number of allylic oxidation sites excluding steroid dienone is 4. The molecule has 2 atom stereocenters. The molecule has 0 aliphatic carbocycles. The third-order valence-electron chi connectivity index (χ3n) is 4.85. The van der Waals surface area contributed by atoms with Crippen molar-refractivity contribution in [3.63, 3.8) is 0 Å². The molecule has 0 saturated heterocycles. The van der Waals surface area contributed by atoms with Crippen LogP contribution in [0, 0.1) is 0 Å². The summed E-state index contributed by atoms with van der Waals surface area (Å²) < 4.78 is 0. The van der Waals surface area contributed by atoms with Crippen molar-refractivity contribution in [1.29, 1.82) is 0 Å². The van der Waals surface area contributed by atoms with Crippen LogP contribution in [0.3, 0.4) is 0 Å². The summed E-state index contributed by atoms with van der Waals surface area (Å²) in [6, 6.07) is 17.7. The maximum atomic E-state index is 11.9. The van der Waals surface area contributed by atoms with Crippen molar-refractivity contribution in [2.24, 2.45) is 9.98 Å². The van der Waals surface area contributed by atoms with Crippen LogP contribution >= 0.6 is 0 Å². The third-order valence-corrected chi connectivity index (χ3v) is 4.85. The first kappa shape index (κ1) is 27.7. The summed E-state index contributed by atoms with van der Waals surface area (Å²) in [6.45, 7) is 5.58. The second-order valence-electron chi connectivity index (χ2n) is 7.38. The fourth-order valence-electron chi connectivity index (χ4n) is 3.19. The van der Waals surface area contributed by atoms with E-state index in [1.54, 1.807) is 0 Å². The van der Waals surface area contributed by atoms with Crippen LogP contribution in [0.4, 0.5) is 0 Å². The van der Waals surface area contributed by atoms with Crippen LogP contribution < -0.4 is 0 Å². The Balaban J connectivity index is 0.00000544. The molecule has 0 amide bonds. The van der Waals surface area contributed by atoms with E-state index in [1.807, 2.05) is 60.7 Å². The van der Waals surface area contributed by atoms with Crippen molar-refractivity contribution in [2.75, 3.05) is 0 Å². The fraction of sp³-hybridized carbons (Fsp3) is 0.231. The monoisotopic (exact) mass is 491 g/mol. The quantitative estimate of drug-likeness (QED) is 0.277. The second kappa shape index (κ2) is 13.3. The van der Waals surface area contributed by atoms with Gasteiger partial charge in [-0.25, -0.2) is 0 Å². The van der Waals surface area contributed by atoms with Crippen LogP contribution in [-0.2, 0) is 26.4 Å². The standard InChI is InChI=1S/C26H28N2O4.Co/c1-17(29)23(18(2)30)15-27-25(21-11-7-5-8-12-21)26(22-13-9-6-10-14-22)28-16-24(19(3)31)20(4)32;/h5-16,25-26,29,31H,1-4H3;/b23-17+,24-19+,27-15?,28-16?;/t25-,26-;/m0./s1. The van der Waals surface area contributed by atoms with Crippen molar-refractivity contribution in [2.45, 2.75) is 39.8 Å². The zero-order valence-corrected chi connectivity index (χ0v) is 20.1. The third kappa shape index (κ3) is 7.96. The van der Waals surface area contributed by atoms with Crippen LogP contribution in [0.5, 0.6) is 0 Å². The van der Waals surface area contributed by atoms with Gasteiger partial charge in [-0.05, 0) is 38.8 Å². The molecular formula is C26H28CoN2O4. The first-order valence-electron chi connectivity index (χ1n) is 10.2. The number of hydrogen-bond acceptors (Lipinski definition) is 6. The molecule has 1 radical (unpaired) electrons. The number of aliphatic imine (C=N–C) groups is 2. The van der Waals surface area contributed by atoms with E-state index in [-0.39, 0.29) is 51.0 Å². The van der Waals surface area contributed by atoms with E-state index in [2.05, 4.69) is 9.98 Å². The summed E-state index contributed by atoms with van der Waals surface area (Å²) in [4.78, 5) is 33.1. The molecule has 175 valence electrons. The van der Waals surface area contributed by atoms with E-state index < -0.39 is 12.1 Å². The predicted molar refractivity (Wildman–Crippen MR) is 127 cm³/mol. The van der Waals surface area contributed by atoms with Crippen molar-refractivity contribution < 1.29 is 36.6 Å². The molecule has 0 fully saturated rings. The molecule has 33 heavy (non-hydrogen) atoms. The molecule has 2 rings (SSSR count). The molecule has 2 aromatic rings. The zero-order valence-electron chi connectivity index (χ0n) is 19.0. The second-order valence-corrected chi connectivity index (χ2v) is 7.38. The number of benzene rings is 2. The van der Waals surface area contributed by atoms with Crippen LogP contribution in [-0.4, -0.2) is 34.2 Å². The number of carbonyl (C=O) groups excluding carboxylic acids is 2. The van der Waals surface area contributed by atoms with Gasteiger partial charge in [-0.3, -0.25) is 19.6 Å². The molecule has 0 aliphatic rings. The molecule has 7 heteroatoms.